The summed E-state index contributed by atoms with van der Waals surface area (Å²) in [4.78, 5) is 17.7. The minimum atomic E-state index is -0.994. The number of nitrogens with zero attached hydrogens (tertiary/aromatic N) is 2. The lowest BCUT2D eigenvalue weighted by Crippen LogP contribution is -2.49. The molecule has 3 aromatic rings. The van der Waals surface area contributed by atoms with Crippen molar-refractivity contribution in [2.24, 2.45) is 11.8 Å². The predicted molar refractivity (Wildman–Crippen MR) is 134 cm³/mol. The van der Waals surface area contributed by atoms with Gasteiger partial charge in [-0.15, -0.1) is 0 Å². The van der Waals surface area contributed by atoms with E-state index in [1.54, 1.807) is 24.4 Å². The fraction of sp³-hybridized carbons (Fsp3) is 0.500. The Labute approximate surface area is 210 Å². The molecule has 6 unspecified atom stereocenters. The van der Waals surface area contributed by atoms with Crippen LogP contribution in [0.3, 0.4) is 0 Å². The number of imidazole rings is 1. The van der Waals surface area contributed by atoms with Gasteiger partial charge in [0.2, 0.25) is 5.91 Å². The number of carbonyl (C=O) groups is 1. The van der Waals surface area contributed by atoms with Crippen LogP contribution < -0.4 is 16.2 Å². The van der Waals surface area contributed by atoms with Gasteiger partial charge in [-0.2, -0.15) is 0 Å². The summed E-state index contributed by atoms with van der Waals surface area (Å²) in [5.41, 5.74) is 8.58. The summed E-state index contributed by atoms with van der Waals surface area (Å²) in [7, 11) is 0. The maximum atomic E-state index is 14.2. The topological polar surface area (TPSA) is 90.7 Å². The normalized spacial score (nSPS) is 32.3. The molecule has 6 atom stereocenters. The van der Waals surface area contributed by atoms with Crippen molar-refractivity contribution in [3.05, 3.63) is 71.9 Å². The Kier molecular flexibility index (Phi) is 6.27. The van der Waals surface area contributed by atoms with E-state index in [2.05, 4.69) is 33.4 Å². The zero-order chi connectivity index (χ0) is 24.7. The number of pyridine rings is 1. The molecule has 0 spiro atoms. The average Bonchev–Trinajstić information content (AvgIpc) is 3.51. The number of hydrogen-bond donors (Lipinski definition) is 4. The van der Waals surface area contributed by atoms with E-state index >= 15 is 0 Å². The Morgan fingerprint density at radius 1 is 1.19 bits per heavy atom. The molecule has 7 nitrogen and oxygen atoms in total. The number of fused-ring (bicyclic) bond motifs is 2. The Morgan fingerprint density at radius 2 is 2.08 bits per heavy atom. The highest BCUT2D eigenvalue weighted by molar-refractivity contribution is 5.79. The van der Waals surface area contributed by atoms with Crippen LogP contribution in [0.15, 0.2) is 55.0 Å². The molecule has 0 radical (unpaired) electrons. The van der Waals surface area contributed by atoms with E-state index < -0.39 is 5.60 Å². The van der Waals surface area contributed by atoms with Crippen LogP contribution in [0.5, 0.6) is 0 Å². The second kappa shape index (κ2) is 9.57. The number of rotatable bonds is 5. The number of amides is 1. The summed E-state index contributed by atoms with van der Waals surface area (Å²) in [6, 6.07) is 11.2. The van der Waals surface area contributed by atoms with E-state index in [1.807, 2.05) is 16.7 Å². The van der Waals surface area contributed by atoms with Gasteiger partial charge in [0.25, 0.3) is 0 Å². The molecule has 1 aliphatic heterocycles. The minimum absolute atomic E-state index is 0.0472. The third-order valence-electron chi connectivity index (χ3n) is 8.54. The van der Waals surface area contributed by atoms with E-state index in [4.69, 9.17) is 0 Å². The maximum absolute atomic E-state index is 14.2. The van der Waals surface area contributed by atoms with Crippen LogP contribution in [0, 0.1) is 17.7 Å². The third-order valence-corrected chi connectivity index (χ3v) is 8.54. The molecule has 1 saturated heterocycles. The van der Waals surface area contributed by atoms with Crippen LogP contribution >= 0.6 is 0 Å². The molecular weight excluding hydrogens is 457 g/mol. The molecule has 190 valence electrons. The summed E-state index contributed by atoms with van der Waals surface area (Å²) in [5.74, 6) is 0.0764. The molecule has 36 heavy (non-hydrogen) atoms. The number of hydrazine groups is 1. The van der Waals surface area contributed by atoms with Crippen molar-refractivity contribution in [1.82, 2.24) is 25.6 Å². The molecule has 3 aliphatic rings. The second-order valence-corrected chi connectivity index (χ2v) is 11.0. The first-order chi connectivity index (χ1) is 17.5. The van der Waals surface area contributed by atoms with Gasteiger partial charge in [-0.25, -0.2) is 14.8 Å². The van der Waals surface area contributed by atoms with Crippen LogP contribution in [0.1, 0.15) is 62.1 Å². The summed E-state index contributed by atoms with van der Waals surface area (Å²) in [6.07, 6.45) is 11.5. The molecule has 0 bridgehead atoms. The Hall–Kier alpha value is -2.81. The van der Waals surface area contributed by atoms with Gasteiger partial charge in [0.05, 0.1) is 11.6 Å². The lowest BCUT2D eigenvalue weighted by molar-refractivity contribution is -0.128. The van der Waals surface area contributed by atoms with Crippen molar-refractivity contribution in [2.45, 2.75) is 75.1 Å². The Bertz CT molecular complexity index is 1250. The van der Waals surface area contributed by atoms with E-state index in [-0.39, 0.29) is 36.1 Å². The Morgan fingerprint density at radius 3 is 2.97 bits per heavy atom. The average molecular weight is 492 g/mol. The predicted octanol–water partition coefficient (Wildman–Crippen LogP) is 3.44. The number of halogens is 1. The number of aliphatic hydroxyl groups is 1. The van der Waals surface area contributed by atoms with Crippen molar-refractivity contribution in [3.8, 4) is 0 Å². The number of hydrogen-bond acceptors (Lipinski definition) is 5. The zero-order valence-corrected chi connectivity index (χ0v) is 20.4. The van der Waals surface area contributed by atoms with Gasteiger partial charge < -0.3 is 14.8 Å². The molecule has 3 fully saturated rings. The monoisotopic (exact) mass is 491 g/mol. The van der Waals surface area contributed by atoms with Crippen LogP contribution in [0.2, 0.25) is 0 Å². The fourth-order valence-electron chi connectivity index (χ4n) is 6.69. The van der Waals surface area contributed by atoms with Crippen molar-refractivity contribution < 1.29 is 14.3 Å². The molecule has 8 heteroatoms. The molecule has 2 aromatic heterocycles. The van der Waals surface area contributed by atoms with Gasteiger partial charge >= 0.3 is 0 Å². The van der Waals surface area contributed by atoms with E-state index in [0.29, 0.717) is 30.4 Å². The second-order valence-electron chi connectivity index (χ2n) is 11.0. The first kappa shape index (κ1) is 23.6. The molecule has 2 saturated carbocycles. The summed E-state index contributed by atoms with van der Waals surface area (Å²) in [5, 5.41) is 14.5. The number of nitrogens with one attached hydrogen (secondary N) is 3. The lowest BCUT2D eigenvalue weighted by Gasteiger charge is -2.39. The standard InChI is InChI=1S/C28H34FN5O2/c29-23-6-2-1-4-19(23)15-28(36)11-3-5-21(16-28)31-27(35)18-7-9-24-22(14-18)26(33-32-24)20-8-10-25-30-12-13-34(25)17-20/h1-2,4,6,8,10,12-13,17-18,21-22,24,26,32-33,36H,3,5,7,9,11,14-16H2,(H,31,35). The number of benzene rings is 1. The van der Waals surface area contributed by atoms with Gasteiger partial charge in [-0.05, 0) is 74.1 Å². The van der Waals surface area contributed by atoms with Crippen molar-refractivity contribution in [1.29, 1.82) is 0 Å². The lowest BCUT2D eigenvalue weighted by atomic mass is 9.74. The minimum Gasteiger partial charge on any atom is -0.389 e. The largest absolute Gasteiger partial charge is 0.389 e. The van der Waals surface area contributed by atoms with Gasteiger partial charge in [0, 0.05) is 43.0 Å². The molecular formula is C28H34FN5O2. The van der Waals surface area contributed by atoms with Gasteiger partial charge in [0.1, 0.15) is 11.5 Å². The molecule has 1 amide bonds. The van der Waals surface area contributed by atoms with Crippen LogP contribution in [-0.4, -0.2) is 38.1 Å². The third kappa shape index (κ3) is 4.65. The summed E-state index contributed by atoms with van der Waals surface area (Å²) >= 11 is 0. The smallest absolute Gasteiger partial charge is 0.223 e. The number of aromatic nitrogens is 2. The van der Waals surface area contributed by atoms with Gasteiger partial charge in [0.15, 0.2) is 0 Å². The van der Waals surface area contributed by atoms with Crippen molar-refractivity contribution >= 4 is 11.6 Å². The molecule has 4 N–H and O–H groups in total. The van der Waals surface area contributed by atoms with Crippen molar-refractivity contribution in [2.75, 3.05) is 0 Å². The van der Waals surface area contributed by atoms with E-state index in [0.717, 1.165) is 37.8 Å². The maximum Gasteiger partial charge on any atom is 0.223 e. The van der Waals surface area contributed by atoms with E-state index in [1.165, 1.54) is 11.6 Å². The highest BCUT2D eigenvalue weighted by atomic mass is 19.1. The van der Waals surface area contributed by atoms with E-state index in [9.17, 15) is 14.3 Å². The molecule has 3 heterocycles. The van der Waals surface area contributed by atoms with Gasteiger partial charge in [-0.3, -0.25) is 10.2 Å². The van der Waals surface area contributed by atoms with Crippen LogP contribution in [-0.2, 0) is 11.2 Å². The van der Waals surface area contributed by atoms with Crippen molar-refractivity contribution in [3.63, 3.8) is 0 Å². The summed E-state index contributed by atoms with van der Waals surface area (Å²) in [6.45, 7) is 0. The van der Waals surface area contributed by atoms with Crippen LogP contribution in [0.4, 0.5) is 4.39 Å². The number of carbonyl (C=O) groups excluding carboxylic acids is 1. The molecule has 1 aromatic carbocycles. The fourth-order valence-corrected chi connectivity index (χ4v) is 6.69. The van der Waals surface area contributed by atoms with Crippen LogP contribution in [0.25, 0.3) is 5.65 Å². The first-order valence-corrected chi connectivity index (χ1v) is 13.2. The SMILES string of the molecule is O=C(NC1CCCC(O)(Cc2ccccc2F)C1)C1CCC2NNC(c3ccc4nccn4c3)C2C1. The van der Waals surface area contributed by atoms with Gasteiger partial charge in [-0.1, -0.05) is 24.3 Å². The highest BCUT2D eigenvalue weighted by Crippen LogP contribution is 2.41. The molecule has 2 aliphatic carbocycles. The summed E-state index contributed by atoms with van der Waals surface area (Å²) < 4.78 is 16.2. The Balaban J connectivity index is 1.10. The molecule has 6 rings (SSSR count). The first-order valence-electron chi connectivity index (χ1n) is 13.2. The zero-order valence-electron chi connectivity index (χ0n) is 20.4. The quantitative estimate of drug-likeness (QED) is 0.439. The highest BCUT2D eigenvalue weighted by Gasteiger charge is 2.43.